The third kappa shape index (κ3) is 4.62. The quantitative estimate of drug-likeness (QED) is 0.602. The maximum atomic E-state index is 13.5. The largest absolute Gasteiger partial charge is 0.508 e. The van der Waals surface area contributed by atoms with E-state index in [-0.39, 0.29) is 36.6 Å². The minimum absolute atomic E-state index is 0.0159. The van der Waals surface area contributed by atoms with Crippen LogP contribution in [0.4, 0.5) is 17.6 Å². The molecular weight excluding hydrogens is 446 g/mol. The number of amides is 3. The second-order valence-corrected chi connectivity index (χ2v) is 8.04. The van der Waals surface area contributed by atoms with E-state index in [1.807, 2.05) is 0 Å². The Kier molecular flexibility index (Phi) is 5.73. The van der Waals surface area contributed by atoms with E-state index in [0.717, 1.165) is 11.6 Å². The normalized spacial score (nSPS) is 22.7. The lowest BCUT2D eigenvalue weighted by atomic mass is 10.0. The minimum atomic E-state index is -4.95. The molecule has 0 radical (unpaired) electrons. The second kappa shape index (κ2) is 8.38. The molecule has 3 atom stereocenters. The van der Waals surface area contributed by atoms with Gasteiger partial charge < -0.3 is 20.6 Å². The van der Waals surface area contributed by atoms with Crippen LogP contribution in [-0.4, -0.2) is 52.4 Å². The first-order chi connectivity index (χ1) is 15.5. The zero-order valence-corrected chi connectivity index (χ0v) is 17.0. The Bertz CT molecular complexity index is 1100. The van der Waals surface area contributed by atoms with Crippen LogP contribution >= 0.6 is 0 Å². The van der Waals surface area contributed by atoms with Gasteiger partial charge in [0.15, 0.2) is 0 Å². The molecule has 0 aliphatic carbocycles. The lowest BCUT2D eigenvalue weighted by Gasteiger charge is -2.34. The van der Waals surface area contributed by atoms with Crippen molar-refractivity contribution in [3.63, 3.8) is 0 Å². The molecule has 2 aliphatic rings. The minimum Gasteiger partial charge on any atom is -0.508 e. The SMILES string of the molecule is O=C(N[C@H]1C[C@H]2C(=O)N[C@@H](Cc3ccc(O)cc3)C(=O)N2C1)c1ccc(F)c(C(F)(F)F)c1. The van der Waals surface area contributed by atoms with Gasteiger partial charge in [0.1, 0.15) is 23.7 Å². The highest BCUT2D eigenvalue weighted by molar-refractivity contribution is 5.98. The molecular formula is C22H19F4N3O4. The number of phenolic OH excluding ortho intramolecular Hbond substituents is 1. The monoisotopic (exact) mass is 465 g/mol. The van der Waals surface area contributed by atoms with E-state index in [9.17, 15) is 37.1 Å². The van der Waals surface area contributed by atoms with Crippen molar-refractivity contribution in [3.8, 4) is 5.75 Å². The number of alkyl halides is 3. The predicted molar refractivity (Wildman–Crippen MR) is 107 cm³/mol. The Balaban J connectivity index is 1.44. The van der Waals surface area contributed by atoms with Gasteiger partial charge in [0, 0.05) is 24.6 Å². The number of benzene rings is 2. The molecule has 33 heavy (non-hydrogen) atoms. The van der Waals surface area contributed by atoms with Gasteiger partial charge in [0.25, 0.3) is 5.91 Å². The van der Waals surface area contributed by atoms with E-state index in [0.29, 0.717) is 12.1 Å². The molecule has 0 saturated carbocycles. The highest BCUT2D eigenvalue weighted by Gasteiger charge is 2.46. The number of nitrogens with zero attached hydrogens (tertiary/aromatic N) is 1. The molecule has 2 fully saturated rings. The highest BCUT2D eigenvalue weighted by atomic mass is 19.4. The van der Waals surface area contributed by atoms with Crippen molar-refractivity contribution in [2.45, 2.75) is 37.1 Å². The molecule has 2 aromatic carbocycles. The Hall–Kier alpha value is -3.63. The number of piperazine rings is 1. The number of hydrogen-bond donors (Lipinski definition) is 3. The van der Waals surface area contributed by atoms with E-state index in [4.69, 9.17) is 0 Å². The molecule has 0 bridgehead atoms. The Morgan fingerprint density at radius 2 is 1.85 bits per heavy atom. The van der Waals surface area contributed by atoms with E-state index < -0.39 is 47.5 Å². The maximum Gasteiger partial charge on any atom is 0.419 e. The van der Waals surface area contributed by atoms with Gasteiger partial charge in [-0.05, 0) is 42.3 Å². The van der Waals surface area contributed by atoms with Crippen LogP contribution in [0, 0.1) is 5.82 Å². The van der Waals surface area contributed by atoms with Crippen LogP contribution in [0.2, 0.25) is 0 Å². The Morgan fingerprint density at radius 3 is 2.52 bits per heavy atom. The van der Waals surface area contributed by atoms with E-state index in [1.54, 1.807) is 12.1 Å². The first kappa shape index (κ1) is 22.6. The predicted octanol–water partition coefficient (Wildman–Crippen LogP) is 1.99. The van der Waals surface area contributed by atoms with Gasteiger partial charge in [-0.3, -0.25) is 14.4 Å². The molecule has 3 amide bonds. The zero-order chi connectivity index (χ0) is 23.9. The Morgan fingerprint density at radius 1 is 1.15 bits per heavy atom. The van der Waals surface area contributed by atoms with E-state index in [2.05, 4.69) is 10.6 Å². The number of halogens is 4. The third-order valence-corrected chi connectivity index (χ3v) is 5.75. The molecule has 11 heteroatoms. The van der Waals surface area contributed by atoms with E-state index >= 15 is 0 Å². The molecule has 2 aromatic rings. The summed E-state index contributed by atoms with van der Waals surface area (Å²) in [6.45, 7) is 0.0159. The molecule has 3 N–H and O–H groups in total. The summed E-state index contributed by atoms with van der Waals surface area (Å²) in [5.74, 6) is -3.01. The molecule has 2 saturated heterocycles. The first-order valence-corrected chi connectivity index (χ1v) is 10.1. The number of fused-ring (bicyclic) bond motifs is 1. The lowest BCUT2D eigenvalue weighted by Crippen LogP contribution is -2.61. The van der Waals surface area contributed by atoms with Gasteiger partial charge in [0.2, 0.25) is 11.8 Å². The van der Waals surface area contributed by atoms with Crippen LogP contribution in [0.1, 0.15) is 27.9 Å². The Labute approximate surface area is 185 Å². The molecule has 0 spiro atoms. The van der Waals surface area contributed by atoms with Crippen LogP contribution < -0.4 is 10.6 Å². The van der Waals surface area contributed by atoms with Gasteiger partial charge in [0.05, 0.1) is 5.56 Å². The van der Waals surface area contributed by atoms with Crippen LogP contribution in [-0.2, 0) is 22.2 Å². The van der Waals surface area contributed by atoms with Crippen LogP contribution in [0.5, 0.6) is 5.75 Å². The second-order valence-electron chi connectivity index (χ2n) is 8.04. The molecule has 4 rings (SSSR count). The summed E-state index contributed by atoms with van der Waals surface area (Å²) in [4.78, 5) is 39.3. The summed E-state index contributed by atoms with van der Waals surface area (Å²) < 4.78 is 52.3. The van der Waals surface area contributed by atoms with Gasteiger partial charge in [-0.25, -0.2) is 4.39 Å². The summed E-state index contributed by atoms with van der Waals surface area (Å²) in [6.07, 6.45) is -4.64. The van der Waals surface area contributed by atoms with Crippen molar-refractivity contribution in [3.05, 3.63) is 65.0 Å². The standard InChI is InChI=1S/C22H19F4N3O4/c23-16-6-3-12(8-15(16)22(24,25)26)19(31)27-13-9-18-20(32)28-17(21(33)29(18)10-13)7-11-1-4-14(30)5-2-11/h1-6,8,13,17-18,30H,7,9-10H2,(H,27,31)(H,28,32)/t13-,17-,18-/m0/s1. The number of phenols is 1. The van der Waals surface area contributed by atoms with Crippen molar-refractivity contribution >= 4 is 17.7 Å². The van der Waals surface area contributed by atoms with Gasteiger partial charge in [-0.1, -0.05) is 12.1 Å². The average molecular weight is 465 g/mol. The number of carbonyl (C=O) groups is 3. The molecule has 2 heterocycles. The number of hydrogen-bond acceptors (Lipinski definition) is 4. The molecule has 174 valence electrons. The first-order valence-electron chi connectivity index (χ1n) is 10.1. The fourth-order valence-electron chi connectivity index (χ4n) is 4.12. The van der Waals surface area contributed by atoms with Gasteiger partial charge in [-0.2, -0.15) is 13.2 Å². The number of carbonyl (C=O) groups excluding carboxylic acids is 3. The zero-order valence-electron chi connectivity index (χ0n) is 17.0. The molecule has 0 aromatic heterocycles. The van der Waals surface area contributed by atoms with Gasteiger partial charge >= 0.3 is 6.18 Å². The van der Waals surface area contributed by atoms with Crippen molar-refractivity contribution < 1.29 is 37.1 Å². The summed E-state index contributed by atoms with van der Waals surface area (Å²) in [7, 11) is 0. The fourth-order valence-corrected chi connectivity index (χ4v) is 4.12. The summed E-state index contributed by atoms with van der Waals surface area (Å²) in [5.41, 5.74) is -1.20. The summed E-state index contributed by atoms with van der Waals surface area (Å²) >= 11 is 0. The lowest BCUT2D eigenvalue weighted by molar-refractivity contribution is -0.147. The number of rotatable bonds is 4. The molecule has 7 nitrogen and oxygen atoms in total. The highest BCUT2D eigenvalue weighted by Crippen LogP contribution is 2.32. The van der Waals surface area contributed by atoms with Crippen LogP contribution in [0.15, 0.2) is 42.5 Å². The maximum absolute atomic E-state index is 13.5. The van der Waals surface area contributed by atoms with Gasteiger partial charge in [-0.15, -0.1) is 0 Å². The topological polar surface area (TPSA) is 98.7 Å². The summed E-state index contributed by atoms with van der Waals surface area (Å²) in [5, 5.41) is 14.6. The summed E-state index contributed by atoms with van der Waals surface area (Å²) in [6, 6.07) is 5.84. The van der Waals surface area contributed by atoms with Crippen molar-refractivity contribution in [1.82, 2.24) is 15.5 Å². The van der Waals surface area contributed by atoms with Crippen LogP contribution in [0.3, 0.4) is 0 Å². The number of aromatic hydroxyl groups is 1. The molecule has 2 aliphatic heterocycles. The molecule has 0 unspecified atom stereocenters. The van der Waals surface area contributed by atoms with Crippen molar-refractivity contribution in [2.75, 3.05) is 6.54 Å². The van der Waals surface area contributed by atoms with E-state index in [1.165, 1.54) is 17.0 Å². The average Bonchev–Trinajstić information content (AvgIpc) is 3.17. The van der Waals surface area contributed by atoms with Crippen molar-refractivity contribution in [1.29, 1.82) is 0 Å². The smallest absolute Gasteiger partial charge is 0.419 e. The number of nitrogens with one attached hydrogen (secondary N) is 2. The van der Waals surface area contributed by atoms with Crippen molar-refractivity contribution in [2.24, 2.45) is 0 Å². The third-order valence-electron chi connectivity index (χ3n) is 5.75. The fraction of sp³-hybridized carbons (Fsp3) is 0.318. The van der Waals surface area contributed by atoms with Crippen LogP contribution in [0.25, 0.3) is 0 Å².